The minimum atomic E-state index is -0.689. The number of H-pyrrole nitrogens is 1. The largest absolute Gasteiger partial charge is 0.361 e. The van der Waals surface area contributed by atoms with Crippen LogP contribution in [0.15, 0.2) is 54.9 Å². The molecule has 4 aromatic rings. The maximum absolute atomic E-state index is 14.5. The predicted molar refractivity (Wildman–Crippen MR) is 90.9 cm³/mol. The van der Waals surface area contributed by atoms with Crippen molar-refractivity contribution in [3.05, 3.63) is 77.9 Å². The third-order valence-electron chi connectivity index (χ3n) is 3.91. The number of hydrogen-bond donors (Lipinski definition) is 1. The van der Waals surface area contributed by atoms with Crippen molar-refractivity contribution in [2.24, 2.45) is 0 Å². The van der Waals surface area contributed by atoms with Gasteiger partial charge in [-0.25, -0.2) is 8.78 Å². The Bertz CT molecular complexity index is 1130. The standard InChI is InChI=1S/C19H10F2N4/c1-22-16-5-4-15-19(25-16)17(13-3-2-12(20)10-14(13)21)18(24-15)11-6-8-23-9-7-11/h2-10,24H. The quantitative estimate of drug-likeness (QED) is 0.518. The van der Waals surface area contributed by atoms with Gasteiger partial charge in [-0.15, -0.1) is 4.98 Å². The van der Waals surface area contributed by atoms with Gasteiger partial charge in [-0.2, -0.15) is 0 Å². The van der Waals surface area contributed by atoms with Gasteiger partial charge in [0.1, 0.15) is 11.6 Å². The van der Waals surface area contributed by atoms with Crippen molar-refractivity contribution >= 4 is 16.9 Å². The van der Waals surface area contributed by atoms with Crippen molar-refractivity contribution in [1.29, 1.82) is 0 Å². The van der Waals surface area contributed by atoms with E-state index in [1.807, 2.05) is 0 Å². The SMILES string of the molecule is [C-]#[N+]c1ccc2[nH]c(-c3ccncc3)c(-c3ccc(F)cc3F)c2n1. The lowest BCUT2D eigenvalue weighted by Gasteiger charge is -2.05. The Labute approximate surface area is 141 Å². The van der Waals surface area contributed by atoms with E-state index in [1.165, 1.54) is 12.1 Å². The first-order valence-electron chi connectivity index (χ1n) is 7.43. The van der Waals surface area contributed by atoms with Crippen LogP contribution in [-0.2, 0) is 0 Å². The number of aromatic amines is 1. The molecule has 0 unspecified atom stereocenters. The topological polar surface area (TPSA) is 45.9 Å². The minimum Gasteiger partial charge on any atom is -0.361 e. The molecule has 0 aliphatic rings. The van der Waals surface area contributed by atoms with Gasteiger partial charge < -0.3 is 9.83 Å². The van der Waals surface area contributed by atoms with E-state index >= 15 is 0 Å². The molecule has 0 bridgehead atoms. The molecule has 0 spiro atoms. The summed E-state index contributed by atoms with van der Waals surface area (Å²) < 4.78 is 27.8. The number of halogens is 2. The first-order chi connectivity index (χ1) is 12.2. The Morgan fingerprint density at radius 2 is 1.80 bits per heavy atom. The number of benzene rings is 1. The van der Waals surface area contributed by atoms with Crippen LogP contribution >= 0.6 is 0 Å². The number of fused-ring (bicyclic) bond motifs is 1. The zero-order valence-corrected chi connectivity index (χ0v) is 12.8. The lowest BCUT2D eigenvalue weighted by Crippen LogP contribution is -1.89. The highest BCUT2D eigenvalue weighted by Gasteiger charge is 2.22. The fourth-order valence-electron chi connectivity index (χ4n) is 2.81. The van der Waals surface area contributed by atoms with Crippen LogP contribution in [0.25, 0.3) is 38.3 Å². The molecule has 0 saturated heterocycles. The summed E-state index contributed by atoms with van der Waals surface area (Å²) in [5.41, 5.74) is 3.26. The van der Waals surface area contributed by atoms with E-state index < -0.39 is 11.6 Å². The third kappa shape index (κ3) is 2.52. The van der Waals surface area contributed by atoms with Gasteiger partial charge in [-0.3, -0.25) is 4.98 Å². The summed E-state index contributed by atoms with van der Waals surface area (Å²) in [5.74, 6) is -1.14. The van der Waals surface area contributed by atoms with Gasteiger partial charge in [0.15, 0.2) is 5.52 Å². The Morgan fingerprint density at radius 1 is 1.00 bits per heavy atom. The van der Waals surface area contributed by atoms with E-state index in [2.05, 4.69) is 19.8 Å². The van der Waals surface area contributed by atoms with E-state index in [0.717, 1.165) is 11.6 Å². The lowest BCUT2D eigenvalue weighted by atomic mass is 10.0. The molecule has 0 saturated carbocycles. The second kappa shape index (κ2) is 5.80. The van der Waals surface area contributed by atoms with E-state index in [0.29, 0.717) is 22.3 Å². The second-order valence-electron chi connectivity index (χ2n) is 5.41. The molecular weight excluding hydrogens is 322 g/mol. The molecule has 1 N–H and O–H groups in total. The number of pyridine rings is 2. The minimum absolute atomic E-state index is 0.205. The molecule has 4 rings (SSSR count). The molecule has 4 nitrogen and oxygen atoms in total. The molecule has 0 amide bonds. The van der Waals surface area contributed by atoms with Crippen molar-refractivity contribution in [3.63, 3.8) is 0 Å². The molecule has 0 fully saturated rings. The van der Waals surface area contributed by atoms with Crippen molar-refractivity contribution in [2.75, 3.05) is 0 Å². The number of aromatic nitrogens is 3. The summed E-state index contributed by atoms with van der Waals surface area (Å²) >= 11 is 0. The van der Waals surface area contributed by atoms with E-state index in [9.17, 15) is 8.78 Å². The molecule has 3 aromatic heterocycles. The van der Waals surface area contributed by atoms with Crippen LogP contribution < -0.4 is 0 Å². The Morgan fingerprint density at radius 3 is 2.52 bits per heavy atom. The maximum Gasteiger partial charge on any atom is 0.270 e. The summed E-state index contributed by atoms with van der Waals surface area (Å²) in [6.07, 6.45) is 3.26. The van der Waals surface area contributed by atoms with Crippen molar-refractivity contribution < 1.29 is 8.78 Å². The summed E-state index contributed by atoms with van der Waals surface area (Å²) in [4.78, 5) is 14.9. The highest BCUT2D eigenvalue weighted by Crippen LogP contribution is 2.39. The Balaban J connectivity index is 2.10. The molecular formula is C19H10F2N4. The molecule has 120 valence electrons. The van der Waals surface area contributed by atoms with Crippen LogP contribution in [0.5, 0.6) is 0 Å². The van der Waals surface area contributed by atoms with Crippen molar-refractivity contribution in [1.82, 2.24) is 15.0 Å². The van der Waals surface area contributed by atoms with Crippen LogP contribution in [0.2, 0.25) is 0 Å². The molecule has 3 heterocycles. The average Bonchev–Trinajstić information content (AvgIpc) is 3.01. The van der Waals surface area contributed by atoms with Gasteiger partial charge in [0.25, 0.3) is 5.82 Å². The Hall–Kier alpha value is -3.59. The summed E-state index contributed by atoms with van der Waals surface area (Å²) in [7, 11) is 0. The molecule has 1 aromatic carbocycles. The third-order valence-corrected chi connectivity index (χ3v) is 3.91. The van der Waals surface area contributed by atoms with Crippen molar-refractivity contribution in [2.45, 2.75) is 0 Å². The monoisotopic (exact) mass is 332 g/mol. The van der Waals surface area contributed by atoms with Crippen molar-refractivity contribution in [3.8, 4) is 22.4 Å². The van der Waals surface area contributed by atoms with Gasteiger partial charge in [0, 0.05) is 29.6 Å². The smallest absolute Gasteiger partial charge is 0.270 e. The number of hydrogen-bond acceptors (Lipinski definition) is 2. The van der Waals surface area contributed by atoms with Crippen LogP contribution in [0.4, 0.5) is 14.6 Å². The van der Waals surface area contributed by atoms with Crippen LogP contribution in [-0.4, -0.2) is 15.0 Å². The Kier molecular flexibility index (Phi) is 3.47. The molecule has 0 atom stereocenters. The van der Waals surface area contributed by atoms with Gasteiger partial charge in [-0.05, 0) is 36.4 Å². The first kappa shape index (κ1) is 15.0. The maximum atomic E-state index is 14.5. The average molecular weight is 332 g/mol. The highest BCUT2D eigenvalue weighted by molar-refractivity contribution is 6.02. The zero-order valence-electron chi connectivity index (χ0n) is 12.8. The summed E-state index contributed by atoms with van der Waals surface area (Å²) in [5, 5.41) is 0. The second-order valence-corrected chi connectivity index (χ2v) is 5.41. The zero-order chi connectivity index (χ0) is 17.4. The van der Waals surface area contributed by atoms with Crippen LogP contribution in [0.1, 0.15) is 0 Å². The summed E-state index contributed by atoms with van der Waals surface area (Å²) in [6, 6.07) is 10.3. The highest BCUT2D eigenvalue weighted by atomic mass is 19.1. The molecule has 25 heavy (non-hydrogen) atoms. The van der Waals surface area contributed by atoms with Crippen LogP contribution in [0.3, 0.4) is 0 Å². The number of rotatable bonds is 2. The first-order valence-corrected chi connectivity index (χ1v) is 7.43. The molecule has 0 aliphatic carbocycles. The van der Waals surface area contributed by atoms with E-state index in [-0.39, 0.29) is 11.4 Å². The lowest BCUT2D eigenvalue weighted by molar-refractivity contribution is 0.585. The number of nitrogens with one attached hydrogen (secondary N) is 1. The van der Waals surface area contributed by atoms with Crippen LogP contribution in [0, 0.1) is 18.2 Å². The van der Waals surface area contributed by atoms with Gasteiger partial charge in [0.2, 0.25) is 0 Å². The molecule has 0 aliphatic heterocycles. The number of nitrogens with zero attached hydrogens (tertiary/aromatic N) is 3. The molecule has 6 heteroatoms. The predicted octanol–water partition coefficient (Wildman–Crippen LogP) is 5.12. The van der Waals surface area contributed by atoms with E-state index in [1.54, 1.807) is 36.7 Å². The van der Waals surface area contributed by atoms with Gasteiger partial charge >= 0.3 is 0 Å². The fourth-order valence-corrected chi connectivity index (χ4v) is 2.81. The fraction of sp³-hybridized carbons (Fsp3) is 0. The normalized spacial score (nSPS) is 10.8. The molecule has 0 radical (unpaired) electrons. The van der Waals surface area contributed by atoms with Gasteiger partial charge in [0.05, 0.1) is 16.8 Å². The van der Waals surface area contributed by atoms with Gasteiger partial charge in [-0.1, -0.05) is 6.57 Å². The van der Waals surface area contributed by atoms with E-state index in [4.69, 9.17) is 6.57 Å². The summed E-state index contributed by atoms with van der Waals surface area (Å²) in [6.45, 7) is 7.16.